The van der Waals surface area contributed by atoms with Crippen LogP contribution in [0.25, 0.3) is 0 Å². The first-order valence-corrected chi connectivity index (χ1v) is 7.09. The zero-order chi connectivity index (χ0) is 12.3. The normalized spacial score (nSPS) is 21.5. The molecule has 0 aromatic heterocycles. The van der Waals surface area contributed by atoms with E-state index in [0.717, 1.165) is 23.4 Å². The third kappa shape index (κ3) is 3.60. The number of likely N-dealkylation sites (tertiary alicyclic amines) is 1. The van der Waals surface area contributed by atoms with Crippen molar-refractivity contribution < 1.29 is 4.74 Å². The number of hydrogen-bond acceptors (Lipinski definition) is 2. The molecule has 1 aliphatic heterocycles. The van der Waals surface area contributed by atoms with Gasteiger partial charge in [-0.3, -0.25) is 0 Å². The van der Waals surface area contributed by atoms with E-state index in [1.165, 1.54) is 19.4 Å². The fourth-order valence-corrected chi connectivity index (χ4v) is 2.74. The highest BCUT2D eigenvalue weighted by Gasteiger charge is 2.18. The smallest absolute Gasteiger partial charge is 0.139 e. The van der Waals surface area contributed by atoms with Crippen LogP contribution < -0.4 is 4.74 Å². The standard InChI is InChI=1S/C13H17BrClNO/c1-16-7-3-4-10(8-16)9-17-12-6-2-5-11(14)13(12)15/h2,5-6,10H,3-4,7-9H2,1H3/t10-/m0/s1. The van der Waals surface area contributed by atoms with Crippen LogP contribution in [0.5, 0.6) is 5.75 Å². The third-order valence-electron chi connectivity index (χ3n) is 3.11. The highest BCUT2D eigenvalue weighted by molar-refractivity contribution is 9.10. The van der Waals surface area contributed by atoms with Gasteiger partial charge in [0.15, 0.2) is 0 Å². The monoisotopic (exact) mass is 317 g/mol. The lowest BCUT2D eigenvalue weighted by Crippen LogP contribution is -2.34. The van der Waals surface area contributed by atoms with Crippen molar-refractivity contribution in [1.29, 1.82) is 0 Å². The van der Waals surface area contributed by atoms with E-state index >= 15 is 0 Å². The van der Waals surface area contributed by atoms with Gasteiger partial charge in [0.05, 0.1) is 11.6 Å². The molecule has 0 unspecified atom stereocenters. The fraction of sp³-hybridized carbons (Fsp3) is 0.538. The molecule has 1 aliphatic rings. The Hall–Kier alpha value is -0.250. The van der Waals surface area contributed by atoms with E-state index in [1.54, 1.807) is 0 Å². The molecule has 0 saturated carbocycles. The van der Waals surface area contributed by atoms with Gasteiger partial charge in [0.2, 0.25) is 0 Å². The molecule has 1 aromatic rings. The molecule has 0 radical (unpaired) electrons. The minimum Gasteiger partial charge on any atom is -0.492 e. The first kappa shape index (κ1) is 13.2. The summed E-state index contributed by atoms with van der Waals surface area (Å²) < 4.78 is 6.70. The zero-order valence-electron chi connectivity index (χ0n) is 9.96. The van der Waals surface area contributed by atoms with Crippen molar-refractivity contribution in [2.24, 2.45) is 5.92 Å². The Labute approximate surface area is 116 Å². The van der Waals surface area contributed by atoms with Gasteiger partial charge in [-0.15, -0.1) is 0 Å². The molecular formula is C13H17BrClNO. The average molecular weight is 319 g/mol. The second-order valence-electron chi connectivity index (χ2n) is 4.63. The number of rotatable bonds is 3. The van der Waals surface area contributed by atoms with Gasteiger partial charge in [-0.2, -0.15) is 0 Å². The summed E-state index contributed by atoms with van der Waals surface area (Å²) in [5, 5.41) is 0.664. The van der Waals surface area contributed by atoms with Crippen LogP contribution in [0.4, 0.5) is 0 Å². The third-order valence-corrected chi connectivity index (χ3v) is 4.39. The summed E-state index contributed by atoms with van der Waals surface area (Å²) in [7, 11) is 2.16. The molecular weight excluding hydrogens is 302 g/mol. The minimum atomic E-state index is 0.615. The summed E-state index contributed by atoms with van der Waals surface area (Å²) in [5.41, 5.74) is 0. The predicted molar refractivity (Wildman–Crippen MR) is 74.9 cm³/mol. The largest absolute Gasteiger partial charge is 0.492 e. The van der Waals surface area contributed by atoms with E-state index in [1.807, 2.05) is 18.2 Å². The molecule has 0 N–H and O–H groups in total. The summed E-state index contributed by atoms with van der Waals surface area (Å²) in [6, 6.07) is 5.78. The van der Waals surface area contributed by atoms with Gasteiger partial charge in [-0.25, -0.2) is 0 Å². The molecule has 0 aliphatic carbocycles. The lowest BCUT2D eigenvalue weighted by molar-refractivity contribution is 0.150. The SMILES string of the molecule is CN1CCC[C@H](COc2cccc(Br)c2Cl)C1. The maximum atomic E-state index is 6.16. The molecule has 1 atom stereocenters. The van der Waals surface area contributed by atoms with Crippen molar-refractivity contribution in [3.63, 3.8) is 0 Å². The molecule has 4 heteroatoms. The molecule has 94 valence electrons. The lowest BCUT2D eigenvalue weighted by Gasteiger charge is -2.29. The van der Waals surface area contributed by atoms with Crippen LogP contribution in [0, 0.1) is 5.92 Å². The van der Waals surface area contributed by atoms with Crippen LogP contribution in [0.3, 0.4) is 0 Å². The maximum absolute atomic E-state index is 6.16. The molecule has 1 heterocycles. The lowest BCUT2D eigenvalue weighted by atomic mass is 10.00. The Morgan fingerprint density at radius 2 is 2.35 bits per heavy atom. The Bertz CT molecular complexity index is 386. The first-order valence-electron chi connectivity index (χ1n) is 5.92. The molecule has 1 fully saturated rings. The van der Waals surface area contributed by atoms with Crippen LogP contribution in [0.1, 0.15) is 12.8 Å². The Morgan fingerprint density at radius 1 is 1.53 bits per heavy atom. The van der Waals surface area contributed by atoms with Crippen molar-refractivity contribution >= 4 is 27.5 Å². The van der Waals surface area contributed by atoms with Crippen molar-refractivity contribution in [1.82, 2.24) is 4.90 Å². The van der Waals surface area contributed by atoms with Gasteiger partial charge in [0, 0.05) is 16.9 Å². The molecule has 2 nitrogen and oxygen atoms in total. The summed E-state index contributed by atoms with van der Waals surface area (Å²) >= 11 is 9.56. The van der Waals surface area contributed by atoms with Crippen LogP contribution in [-0.4, -0.2) is 31.6 Å². The van der Waals surface area contributed by atoms with Gasteiger partial charge in [-0.1, -0.05) is 17.7 Å². The van der Waals surface area contributed by atoms with Gasteiger partial charge in [0.25, 0.3) is 0 Å². The Balaban J connectivity index is 1.91. The summed E-state index contributed by atoms with van der Waals surface area (Å²) in [5.74, 6) is 1.39. The van der Waals surface area contributed by atoms with E-state index in [-0.39, 0.29) is 0 Å². The summed E-state index contributed by atoms with van der Waals surface area (Å²) in [6.45, 7) is 3.07. The zero-order valence-corrected chi connectivity index (χ0v) is 12.3. The molecule has 17 heavy (non-hydrogen) atoms. The molecule has 1 aromatic carbocycles. The molecule has 0 bridgehead atoms. The number of ether oxygens (including phenoxy) is 1. The first-order chi connectivity index (χ1) is 8.16. The summed E-state index contributed by atoms with van der Waals surface area (Å²) in [6.07, 6.45) is 2.51. The predicted octanol–water partition coefficient (Wildman–Crippen LogP) is 3.82. The van der Waals surface area contributed by atoms with Crippen molar-refractivity contribution in [3.8, 4) is 5.75 Å². The quantitative estimate of drug-likeness (QED) is 0.840. The van der Waals surface area contributed by atoms with E-state index in [0.29, 0.717) is 10.9 Å². The topological polar surface area (TPSA) is 12.5 Å². The molecule has 2 rings (SSSR count). The van der Waals surface area contributed by atoms with Crippen molar-refractivity contribution in [2.45, 2.75) is 12.8 Å². The van der Waals surface area contributed by atoms with E-state index in [2.05, 4.69) is 27.9 Å². The van der Waals surface area contributed by atoms with Gasteiger partial charge in [-0.05, 0) is 54.5 Å². The van der Waals surface area contributed by atoms with Crippen LogP contribution in [-0.2, 0) is 0 Å². The highest BCUT2D eigenvalue weighted by Crippen LogP contribution is 2.32. The van der Waals surface area contributed by atoms with Gasteiger partial charge >= 0.3 is 0 Å². The number of hydrogen-bond donors (Lipinski definition) is 0. The van der Waals surface area contributed by atoms with Gasteiger partial charge in [0.1, 0.15) is 5.75 Å². The highest BCUT2D eigenvalue weighted by atomic mass is 79.9. The van der Waals surface area contributed by atoms with Crippen LogP contribution in [0.2, 0.25) is 5.02 Å². The van der Waals surface area contributed by atoms with E-state index < -0.39 is 0 Å². The molecule has 0 spiro atoms. The fourth-order valence-electron chi connectivity index (χ4n) is 2.21. The minimum absolute atomic E-state index is 0.615. The van der Waals surface area contributed by atoms with Crippen LogP contribution in [0.15, 0.2) is 22.7 Å². The van der Waals surface area contributed by atoms with Crippen molar-refractivity contribution in [3.05, 3.63) is 27.7 Å². The van der Waals surface area contributed by atoms with Crippen LogP contribution >= 0.6 is 27.5 Å². The maximum Gasteiger partial charge on any atom is 0.139 e. The summed E-state index contributed by atoms with van der Waals surface area (Å²) in [4.78, 5) is 2.36. The molecule has 1 saturated heterocycles. The number of benzene rings is 1. The van der Waals surface area contributed by atoms with E-state index in [9.17, 15) is 0 Å². The second kappa shape index (κ2) is 6.07. The number of halogens is 2. The Kier molecular flexibility index (Phi) is 4.71. The molecule has 0 amide bonds. The van der Waals surface area contributed by atoms with Crippen molar-refractivity contribution in [2.75, 3.05) is 26.7 Å². The average Bonchev–Trinajstić information content (AvgIpc) is 2.31. The number of nitrogens with zero attached hydrogens (tertiary/aromatic N) is 1. The van der Waals surface area contributed by atoms with E-state index in [4.69, 9.17) is 16.3 Å². The Morgan fingerprint density at radius 3 is 3.12 bits per heavy atom. The van der Waals surface area contributed by atoms with Gasteiger partial charge < -0.3 is 9.64 Å². The second-order valence-corrected chi connectivity index (χ2v) is 5.87. The number of piperidine rings is 1.